The Morgan fingerprint density at radius 2 is 1.67 bits per heavy atom. The second-order valence-electron chi connectivity index (χ2n) is 11.1. The van der Waals surface area contributed by atoms with Crippen LogP contribution >= 0.6 is 0 Å². The fourth-order valence-corrected chi connectivity index (χ4v) is 7.62. The maximum absolute atomic E-state index is 12.7. The summed E-state index contributed by atoms with van der Waals surface area (Å²) in [5.74, 6) is 1.92. The lowest BCUT2D eigenvalue weighted by Gasteiger charge is -2.56. The average molecular weight is 453 g/mol. The van der Waals surface area contributed by atoms with E-state index in [1.165, 1.54) is 38.5 Å². The summed E-state index contributed by atoms with van der Waals surface area (Å²) in [7, 11) is 0. The van der Waals surface area contributed by atoms with Gasteiger partial charge >= 0.3 is 0 Å². The summed E-state index contributed by atoms with van der Waals surface area (Å²) in [5.41, 5.74) is 7.38. The predicted octanol–water partition coefficient (Wildman–Crippen LogP) is 2.80. The monoisotopic (exact) mass is 452 g/mol. The first-order valence-electron chi connectivity index (χ1n) is 12.6. The van der Waals surface area contributed by atoms with E-state index >= 15 is 0 Å². The van der Waals surface area contributed by atoms with E-state index in [-0.39, 0.29) is 35.7 Å². The summed E-state index contributed by atoms with van der Waals surface area (Å²) in [6, 6.07) is 7.36. The molecule has 1 unspecified atom stereocenters. The summed E-state index contributed by atoms with van der Waals surface area (Å²) < 4.78 is 0. The van der Waals surface area contributed by atoms with Crippen molar-refractivity contribution in [2.24, 2.45) is 28.9 Å². The van der Waals surface area contributed by atoms with Gasteiger partial charge in [-0.15, -0.1) is 0 Å². The third-order valence-corrected chi connectivity index (χ3v) is 8.50. The number of likely N-dealkylation sites (tertiary alicyclic amines) is 1. The van der Waals surface area contributed by atoms with E-state index in [1.807, 2.05) is 24.3 Å². The van der Waals surface area contributed by atoms with Crippen LogP contribution in [0.3, 0.4) is 0 Å². The number of benzene rings is 1. The molecule has 5 fully saturated rings. The van der Waals surface area contributed by atoms with Crippen LogP contribution in [0, 0.1) is 23.2 Å². The molecule has 33 heavy (non-hydrogen) atoms. The smallest absolute Gasteiger partial charge is 0.243 e. The lowest BCUT2D eigenvalue weighted by Crippen LogP contribution is -2.48. The molecule has 3 amide bonds. The fourth-order valence-electron chi connectivity index (χ4n) is 7.62. The molecule has 7 heteroatoms. The largest absolute Gasteiger partial charge is 0.368 e. The molecule has 0 radical (unpaired) electrons. The van der Waals surface area contributed by atoms with Gasteiger partial charge in [0.1, 0.15) is 0 Å². The quantitative estimate of drug-likeness (QED) is 0.564. The van der Waals surface area contributed by atoms with Crippen molar-refractivity contribution in [2.75, 3.05) is 18.4 Å². The van der Waals surface area contributed by atoms with E-state index in [2.05, 4.69) is 15.5 Å². The first kappa shape index (κ1) is 22.4. The molecule has 1 atom stereocenters. The minimum atomic E-state index is -0.296. The second-order valence-corrected chi connectivity index (χ2v) is 11.1. The molecule has 1 aliphatic heterocycles. The highest BCUT2D eigenvalue weighted by molar-refractivity contribution is 5.95. The predicted molar refractivity (Wildman–Crippen MR) is 126 cm³/mol. The Morgan fingerprint density at radius 3 is 2.33 bits per heavy atom. The minimum absolute atomic E-state index is 0.00162. The minimum Gasteiger partial charge on any atom is -0.368 e. The molecular weight excluding hydrogens is 416 g/mol. The first-order valence-corrected chi connectivity index (χ1v) is 12.6. The maximum atomic E-state index is 12.7. The van der Waals surface area contributed by atoms with Gasteiger partial charge in [-0.3, -0.25) is 19.3 Å². The van der Waals surface area contributed by atoms with Gasteiger partial charge in [0.05, 0.1) is 12.6 Å². The van der Waals surface area contributed by atoms with Crippen LogP contribution in [0.25, 0.3) is 0 Å². The Hall–Kier alpha value is -2.41. The summed E-state index contributed by atoms with van der Waals surface area (Å²) in [6.45, 7) is 1.35. The normalized spacial score (nSPS) is 32.6. The first-order chi connectivity index (χ1) is 15.9. The molecule has 0 spiro atoms. The van der Waals surface area contributed by atoms with Crippen molar-refractivity contribution in [3.05, 3.63) is 29.8 Å². The van der Waals surface area contributed by atoms with Crippen molar-refractivity contribution < 1.29 is 14.4 Å². The molecule has 4 aliphatic carbocycles. The fraction of sp³-hybridized carbons (Fsp3) is 0.654. The number of amides is 3. The maximum Gasteiger partial charge on any atom is 0.243 e. The SMILES string of the molecule is NC(=O)C1CCCN1Cc1ccccc1NC(=O)CNC(=O)CC12CC3CC(CC(C3)C1)C2. The standard InChI is InChI=1S/C26H36N4O3/c27-25(33)22-6-3-7-30(22)16-20-4-1-2-5-21(20)29-24(32)15-28-23(31)14-26-11-17-8-18(12-26)10-19(9-17)13-26/h1-2,4-5,17-19,22H,3,6-16H2,(H2,27,33)(H,28,31)(H,29,32). The third-order valence-electron chi connectivity index (χ3n) is 8.50. The number of primary amides is 1. The summed E-state index contributed by atoms with van der Waals surface area (Å²) >= 11 is 0. The number of rotatable bonds is 8. The molecule has 5 aliphatic rings. The van der Waals surface area contributed by atoms with Crippen LogP contribution in [0.4, 0.5) is 5.69 Å². The summed E-state index contributed by atoms with van der Waals surface area (Å²) in [6.07, 6.45) is 9.93. The van der Waals surface area contributed by atoms with Gasteiger partial charge in [0.25, 0.3) is 0 Å². The zero-order valence-electron chi connectivity index (χ0n) is 19.4. The van der Waals surface area contributed by atoms with Gasteiger partial charge in [-0.2, -0.15) is 0 Å². The van der Waals surface area contributed by atoms with E-state index in [4.69, 9.17) is 5.73 Å². The molecule has 178 valence electrons. The molecule has 1 aromatic carbocycles. The van der Waals surface area contributed by atoms with Crippen molar-refractivity contribution in [3.63, 3.8) is 0 Å². The zero-order chi connectivity index (χ0) is 23.0. The van der Waals surface area contributed by atoms with Crippen molar-refractivity contribution in [3.8, 4) is 0 Å². The number of nitrogens with two attached hydrogens (primary N) is 1. The number of nitrogens with one attached hydrogen (secondary N) is 2. The number of hydrogen-bond acceptors (Lipinski definition) is 4. The van der Waals surface area contributed by atoms with Crippen LogP contribution in [-0.2, 0) is 20.9 Å². The highest BCUT2D eigenvalue weighted by Gasteiger charge is 2.51. The van der Waals surface area contributed by atoms with E-state index in [9.17, 15) is 14.4 Å². The van der Waals surface area contributed by atoms with E-state index < -0.39 is 0 Å². The molecule has 4 bridgehead atoms. The van der Waals surface area contributed by atoms with Gasteiger partial charge in [0, 0.05) is 18.7 Å². The van der Waals surface area contributed by atoms with Gasteiger partial charge in [0.15, 0.2) is 0 Å². The summed E-state index contributed by atoms with van der Waals surface area (Å²) in [4.78, 5) is 39.2. The highest BCUT2D eigenvalue weighted by Crippen LogP contribution is 2.61. The number of nitrogens with zero attached hydrogens (tertiary/aromatic N) is 1. The Bertz CT molecular complexity index is 895. The Labute approximate surface area is 195 Å². The van der Waals surface area contributed by atoms with Gasteiger partial charge in [-0.1, -0.05) is 18.2 Å². The number of carbonyl (C=O) groups excluding carboxylic acids is 3. The van der Waals surface area contributed by atoms with Crippen LogP contribution in [0.15, 0.2) is 24.3 Å². The Kier molecular flexibility index (Phi) is 6.16. The van der Waals surface area contributed by atoms with Gasteiger partial charge in [0.2, 0.25) is 17.7 Å². The van der Waals surface area contributed by atoms with Crippen LogP contribution < -0.4 is 16.4 Å². The molecule has 7 nitrogen and oxygen atoms in total. The van der Waals surface area contributed by atoms with Gasteiger partial charge < -0.3 is 16.4 Å². The number of carbonyl (C=O) groups is 3. The van der Waals surface area contributed by atoms with Crippen molar-refractivity contribution in [2.45, 2.75) is 70.4 Å². The molecule has 4 saturated carbocycles. The molecule has 6 rings (SSSR count). The lowest BCUT2D eigenvalue weighted by molar-refractivity contribution is -0.131. The van der Waals surface area contributed by atoms with Crippen molar-refractivity contribution in [1.29, 1.82) is 0 Å². The average Bonchev–Trinajstić information content (AvgIpc) is 3.21. The number of para-hydroxylation sites is 1. The topological polar surface area (TPSA) is 105 Å². The molecule has 1 aromatic rings. The highest BCUT2D eigenvalue weighted by atomic mass is 16.2. The van der Waals surface area contributed by atoms with E-state index in [0.29, 0.717) is 18.7 Å². The van der Waals surface area contributed by atoms with Crippen molar-refractivity contribution >= 4 is 23.4 Å². The Balaban J connectivity index is 1.13. The van der Waals surface area contributed by atoms with Gasteiger partial charge in [-0.05, 0) is 92.7 Å². The van der Waals surface area contributed by atoms with Crippen LogP contribution in [0.2, 0.25) is 0 Å². The van der Waals surface area contributed by atoms with E-state index in [1.54, 1.807) is 0 Å². The molecule has 0 aromatic heterocycles. The third kappa shape index (κ3) is 4.93. The van der Waals surface area contributed by atoms with Crippen LogP contribution in [-0.4, -0.2) is 41.8 Å². The van der Waals surface area contributed by atoms with Crippen LogP contribution in [0.5, 0.6) is 0 Å². The van der Waals surface area contributed by atoms with Gasteiger partial charge in [-0.25, -0.2) is 0 Å². The van der Waals surface area contributed by atoms with E-state index in [0.717, 1.165) is 42.7 Å². The zero-order valence-corrected chi connectivity index (χ0v) is 19.4. The second kappa shape index (κ2) is 9.09. The molecule has 4 N–H and O–H groups in total. The number of anilines is 1. The number of hydrogen-bond donors (Lipinski definition) is 3. The molecule has 1 heterocycles. The van der Waals surface area contributed by atoms with Crippen molar-refractivity contribution in [1.82, 2.24) is 10.2 Å². The molecule has 1 saturated heterocycles. The lowest BCUT2D eigenvalue weighted by atomic mass is 9.49. The Morgan fingerprint density at radius 1 is 1.00 bits per heavy atom. The summed E-state index contributed by atoms with van der Waals surface area (Å²) in [5, 5.41) is 5.82. The van der Waals surface area contributed by atoms with Crippen LogP contribution in [0.1, 0.15) is 63.4 Å². The molecular formula is C26H36N4O3.